The van der Waals surface area contributed by atoms with Crippen molar-refractivity contribution < 1.29 is 13.3 Å². The third-order valence-corrected chi connectivity index (χ3v) is 5.08. The van der Waals surface area contributed by atoms with Gasteiger partial charge in [0.25, 0.3) is 5.69 Å². The lowest BCUT2D eigenvalue weighted by molar-refractivity contribution is -0.384. The van der Waals surface area contributed by atoms with Crippen LogP contribution in [0.5, 0.6) is 0 Å². The van der Waals surface area contributed by atoms with E-state index in [0.717, 1.165) is 6.42 Å². The highest BCUT2D eigenvalue weighted by atomic mass is 32.2. The molecule has 2 atom stereocenters. The summed E-state index contributed by atoms with van der Waals surface area (Å²) in [6.07, 6.45) is 1.03. The first-order valence-corrected chi connectivity index (χ1v) is 8.35. The van der Waals surface area contributed by atoms with E-state index in [9.17, 15) is 18.5 Å². The minimum atomic E-state index is -3.63. The van der Waals surface area contributed by atoms with Crippen molar-refractivity contribution in [1.82, 2.24) is 4.72 Å². The van der Waals surface area contributed by atoms with Crippen molar-refractivity contribution in [3.05, 3.63) is 28.3 Å². The van der Waals surface area contributed by atoms with Gasteiger partial charge in [0.2, 0.25) is 10.0 Å². The quantitative estimate of drug-likeness (QED) is 0.592. The first-order valence-electron chi connectivity index (χ1n) is 6.87. The average molecular weight is 313 g/mol. The number of nitro benzene ring substituents is 1. The SMILES string of the molecule is CCNc1cc(S(=O)(=O)NCC2CC2C)ccc1[N+](=O)[O-]. The van der Waals surface area contributed by atoms with Crippen LogP contribution in [0.4, 0.5) is 11.4 Å². The van der Waals surface area contributed by atoms with Crippen molar-refractivity contribution in [2.24, 2.45) is 11.8 Å². The maximum Gasteiger partial charge on any atom is 0.292 e. The van der Waals surface area contributed by atoms with E-state index < -0.39 is 14.9 Å². The smallest absolute Gasteiger partial charge is 0.292 e. The van der Waals surface area contributed by atoms with Gasteiger partial charge in [0, 0.05) is 19.2 Å². The summed E-state index contributed by atoms with van der Waals surface area (Å²) >= 11 is 0. The Morgan fingerprint density at radius 2 is 2.10 bits per heavy atom. The highest BCUT2D eigenvalue weighted by Gasteiger charge is 2.33. The van der Waals surface area contributed by atoms with Gasteiger partial charge >= 0.3 is 0 Å². The number of hydrogen-bond acceptors (Lipinski definition) is 5. The lowest BCUT2D eigenvalue weighted by Crippen LogP contribution is -2.26. The first-order chi connectivity index (χ1) is 9.85. The second-order valence-corrected chi connectivity index (χ2v) is 7.06. The van der Waals surface area contributed by atoms with Crippen LogP contribution in [0.25, 0.3) is 0 Å². The van der Waals surface area contributed by atoms with Gasteiger partial charge in [-0.2, -0.15) is 0 Å². The van der Waals surface area contributed by atoms with Crippen LogP contribution in [0.1, 0.15) is 20.3 Å². The molecule has 8 heteroatoms. The lowest BCUT2D eigenvalue weighted by Gasteiger charge is -2.09. The van der Waals surface area contributed by atoms with E-state index in [-0.39, 0.29) is 16.3 Å². The summed E-state index contributed by atoms with van der Waals surface area (Å²) < 4.78 is 27.0. The van der Waals surface area contributed by atoms with Crippen molar-refractivity contribution in [2.75, 3.05) is 18.4 Å². The van der Waals surface area contributed by atoms with Crippen LogP contribution in [0.15, 0.2) is 23.1 Å². The van der Waals surface area contributed by atoms with Crippen LogP contribution in [0.2, 0.25) is 0 Å². The molecule has 0 aromatic heterocycles. The molecule has 0 bridgehead atoms. The number of nitrogens with zero attached hydrogens (tertiary/aromatic N) is 1. The molecule has 0 aliphatic heterocycles. The number of hydrogen-bond donors (Lipinski definition) is 2. The van der Waals surface area contributed by atoms with Gasteiger partial charge in [-0.3, -0.25) is 10.1 Å². The molecule has 2 unspecified atom stereocenters. The number of nitrogens with one attached hydrogen (secondary N) is 2. The van der Waals surface area contributed by atoms with Crippen molar-refractivity contribution in [3.63, 3.8) is 0 Å². The van der Waals surface area contributed by atoms with Crippen molar-refractivity contribution in [1.29, 1.82) is 0 Å². The molecule has 2 N–H and O–H groups in total. The molecule has 21 heavy (non-hydrogen) atoms. The minimum absolute atomic E-state index is 0.0392. The molecule has 0 amide bonds. The monoisotopic (exact) mass is 313 g/mol. The summed E-state index contributed by atoms with van der Waals surface area (Å²) in [5.74, 6) is 0.952. The zero-order valence-electron chi connectivity index (χ0n) is 12.0. The standard InChI is InChI=1S/C13H19N3O4S/c1-3-14-12-7-11(4-5-13(12)16(17)18)21(19,20)15-8-10-6-9(10)2/h4-5,7,9-10,14-15H,3,6,8H2,1-2H3. The number of rotatable bonds is 7. The largest absolute Gasteiger partial charge is 0.380 e. The Morgan fingerprint density at radius 3 is 2.62 bits per heavy atom. The Bertz CT molecular complexity index is 645. The molecule has 1 aliphatic carbocycles. The molecule has 1 saturated carbocycles. The van der Waals surface area contributed by atoms with Gasteiger partial charge in [0.1, 0.15) is 5.69 Å². The Hall–Kier alpha value is -1.67. The molecular weight excluding hydrogens is 294 g/mol. The highest BCUT2D eigenvalue weighted by molar-refractivity contribution is 7.89. The van der Waals surface area contributed by atoms with Gasteiger partial charge in [0.05, 0.1) is 9.82 Å². The van der Waals surface area contributed by atoms with E-state index in [1.54, 1.807) is 6.92 Å². The molecule has 1 aliphatic rings. The summed E-state index contributed by atoms with van der Waals surface area (Å²) in [4.78, 5) is 10.4. The molecule has 0 radical (unpaired) electrons. The molecule has 116 valence electrons. The molecular formula is C13H19N3O4S. The highest BCUT2D eigenvalue weighted by Crippen LogP contribution is 2.37. The summed E-state index contributed by atoms with van der Waals surface area (Å²) in [7, 11) is -3.63. The molecule has 0 saturated heterocycles. The maximum absolute atomic E-state index is 12.2. The zero-order chi connectivity index (χ0) is 15.6. The van der Waals surface area contributed by atoms with E-state index in [1.165, 1.54) is 18.2 Å². The summed E-state index contributed by atoms with van der Waals surface area (Å²) in [6, 6.07) is 3.78. The Kier molecular flexibility index (Phi) is 4.48. The first kappa shape index (κ1) is 15.7. The summed E-state index contributed by atoms with van der Waals surface area (Å²) in [5.41, 5.74) is 0.0804. The average Bonchev–Trinajstić information content (AvgIpc) is 3.13. The molecule has 2 rings (SSSR count). The van der Waals surface area contributed by atoms with E-state index in [4.69, 9.17) is 0 Å². The van der Waals surface area contributed by atoms with Crippen molar-refractivity contribution >= 4 is 21.4 Å². The second-order valence-electron chi connectivity index (χ2n) is 5.29. The van der Waals surface area contributed by atoms with Gasteiger partial charge in [0.15, 0.2) is 0 Å². The maximum atomic E-state index is 12.2. The molecule has 0 spiro atoms. The van der Waals surface area contributed by atoms with Crippen LogP contribution in [-0.2, 0) is 10.0 Å². The fourth-order valence-electron chi connectivity index (χ4n) is 2.16. The molecule has 1 aromatic rings. The van der Waals surface area contributed by atoms with Crippen LogP contribution >= 0.6 is 0 Å². The number of sulfonamides is 1. The number of nitro groups is 1. The van der Waals surface area contributed by atoms with Gasteiger partial charge in [-0.15, -0.1) is 0 Å². The Morgan fingerprint density at radius 1 is 1.43 bits per heavy atom. The van der Waals surface area contributed by atoms with Gasteiger partial charge in [-0.05, 0) is 37.3 Å². The predicted octanol–water partition coefficient (Wildman–Crippen LogP) is 1.96. The van der Waals surface area contributed by atoms with Crippen LogP contribution in [0, 0.1) is 22.0 Å². The fraction of sp³-hybridized carbons (Fsp3) is 0.538. The van der Waals surface area contributed by atoms with Crippen molar-refractivity contribution in [2.45, 2.75) is 25.2 Å². The number of benzene rings is 1. The Balaban J connectivity index is 2.21. The Labute approximate surface area is 123 Å². The van der Waals surface area contributed by atoms with E-state index >= 15 is 0 Å². The van der Waals surface area contributed by atoms with E-state index in [0.29, 0.717) is 24.9 Å². The fourth-order valence-corrected chi connectivity index (χ4v) is 3.28. The minimum Gasteiger partial charge on any atom is -0.380 e. The van der Waals surface area contributed by atoms with Crippen LogP contribution in [-0.4, -0.2) is 26.4 Å². The molecule has 1 aromatic carbocycles. The van der Waals surface area contributed by atoms with Gasteiger partial charge in [-0.25, -0.2) is 13.1 Å². The van der Waals surface area contributed by atoms with Crippen LogP contribution < -0.4 is 10.0 Å². The normalized spacial score (nSPS) is 21.0. The third-order valence-electron chi connectivity index (χ3n) is 3.65. The lowest BCUT2D eigenvalue weighted by atomic mass is 10.2. The van der Waals surface area contributed by atoms with E-state index in [1.807, 2.05) is 0 Å². The predicted molar refractivity (Wildman–Crippen MR) is 79.7 cm³/mol. The summed E-state index contributed by atoms with van der Waals surface area (Å²) in [5, 5.41) is 13.7. The molecule has 0 heterocycles. The van der Waals surface area contributed by atoms with Gasteiger partial charge in [-0.1, -0.05) is 6.92 Å². The molecule has 7 nitrogen and oxygen atoms in total. The zero-order valence-corrected chi connectivity index (χ0v) is 12.8. The third kappa shape index (κ3) is 3.70. The second kappa shape index (κ2) is 5.98. The van der Waals surface area contributed by atoms with E-state index in [2.05, 4.69) is 17.0 Å². The topological polar surface area (TPSA) is 101 Å². The van der Waals surface area contributed by atoms with Crippen LogP contribution in [0.3, 0.4) is 0 Å². The van der Waals surface area contributed by atoms with Gasteiger partial charge < -0.3 is 5.32 Å². The summed E-state index contributed by atoms with van der Waals surface area (Å²) in [6.45, 7) is 4.75. The van der Waals surface area contributed by atoms with Crippen molar-refractivity contribution in [3.8, 4) is 0 Å². The molecule has 1 fully saturated rings. The number of anilines is 1.